The fraction of sp³-hybridized carbons (Fsp3) is 0.200. The Balaban J connectivity index is 1.82. The van der Waals surface area contributed by atoms with E-state index < -0.39 is 12.0 Å². The molecule has 3 aromatic rings. The Labute approximate surface area is 170 Å². The molecule has 0 unspecified atom stereocenters. The highest BCUT2D eigenvalue weighted by atomic mass is 35.5. The molecule has 0 radical (unpaired) electrons. The summed E-state index contributed by atoms with van der Waals surface area (Å²) in [5.74, 6) is -0.872. The molecule has 6 nitrogen and oxygen atoms in total. The number of fused-ring (bicyclic) bond motifs is 1. The quantitative estimate of drug-likeness (QED) is 0.593. The number of phenols is 1. The molecule has 1 atom stereocenters. The second-order valence-electron chi connectivity index (χ2n) is 6.03. The van der Waals surface area contributed by atoms with Crippen molar-refractivity contribution >= 4 is 44.9 Å². The van der Waals surface area contributed by atoms with E-state index in [1.54, 1.807) is 12.1 Å². The van der Waals surface area contributed by atoms with Crippen LogP contribution in [0, 0.1) is 0 Å². The summed E-state index contributed by atoms with van der Waals surface area (Å²) < 4.78 is 10.8. The van der Waals surface area contributed by atoms with Gasteiger partial charge in [0.25, 0.3) is 0 Å². The standard InChI is InChI=1S/C20H18ClNO5S/c1-26-16-5-3-11(7-15(16)23)19(20(25)27-2)22-18(24)8-12-10-28-17-6-4-13(21)9-14(12)17/h3-7,9-10,19,23H,8H2,1-2H3,(H,22,24)/t19-/m0/s1. The topological polar surface area (TPSA) is 84.9 Å². The lowest BCUT2D eigenvalue weighted by Crippen LogP contribution is -2.35. The zero-order chi connectivity index (χ0) is 20.3. The molecule has 1 aromatic heterocycles. The first-order valence-electron chi connectivity index (χ1n) is 8.32. The lowest BCUT2D eigenvalue weighted by atomic mass is 10.0. The highest BCUT2D eigenvalue weighted by Gasteiger charge is 2.25. The molecular formula is C20H18ClNO5S. The van der Waals surface area contributed by atoms with E-state index >= 15 is 0 Å². The van der Waals surface area contributed by atoms with Crippen molar-refractivity contribution in [2.24, 2.45) is 0 Å². The van der Waals surface area contributed by atoms with Crippen LogP contribution in [0.1, 0.15) is 17.2 Å². The lowest BCUT2D eigenvalue weighted by molar-refractivity contribution is -0.145. The predicted octanol–water partition coefficient (Wildman–Crippen LogP) is 3.84. The van der Waals surface area contributed by atoms with E-state index in [2.05, 4.69) is 5.32 Å². The molecule has 0 aliphatic rings. The van der Waals surface area contributed by atoms with Gasteiger partial charge in [-0.1, -0.05) is 17.7 Å². The number of thiophene rings is 1. The third-order valence-corrected chi connectivity index (χ3v) is 5.49. The number of nitrogens with one attached hydrogen (secondary N) is 1. The molecule has 1 heterocycles. The molecule has 0 aliphatic heterocycles. The number of rotatable bonds is 6. The Hall–Kier alpha value is -2.77. The predicted molar refractivity (Wildman–Crippen MR) is 108 cm³/mol. The number of esters is 1. The largest absolute Gasteiger partial charge is 0.504 e. The van der Waals surface area contributed by atoms with E-state index in [-0.39, 0.29) is 23.8 Å². The number of phenolic OH excluding ortho intramolecular Hbond substituents is 1. The van der Waals surface area contributed by atoms with Crippen LogP contribution < -0.4 is 10.1 Å². The average molecular weight is 420 g/mol. The summed E-state index contributed by atoms with van der Waals surface area (Å²) in [7, 11) is 2.66. The molecule has 0 saturated heterocycles. The van der Waals surface area contributed by atoms with E-state index in [1.165, 1.54) is 37.7 Å². The molecule has 2 N–H and O–H groups in total. The summed E-state index contributed by atoms with van der Waals surface area (Å²) in [6.45, 7) is 0. The van der Waals surface area contributed by atoms with Gasteiger partial charge < -0.3 is 19.9 Å². The van der Waals surface area contributed by atoms with E-state index in [9.17, 15) is 14.7 Å². The van der Waals surface area contributed by atoms with Gasteiger partial charge in [0.2, 0.25) is 5.91 Å². The second kappa shape index (κ2) is 8.50. The monoisotopic (exact) mass is 419 g/mol. The van der Waals surface area contributed by atoms with Gasteiger partial charge in [-0.15, -0.1) is 11.3 Å². The zero-order valence-corrected chi connectivity index (χ0v) is 16.8. The maximum absolute atomic E-state index is 12.6. The van der Waals surface area contributed by atoms with Gasteiger partial charge in [-0.3, -0.25) is 4.79 Å². The van der Waals surface area contributed by atoms with Crippen molar-refractivity contribution in [3.05, 3.63) is 57.9 Å². The Kier molecular flexibility index (Phi) is 6.06. The van der Waals surface area contributed by atoms with Crippen LogP contribution in [0.25, 0.3) is 10.1 Å². The lowest BCUT2D eigenvalue weighted by Gasteiger charge is -2.18. The first kappa shape index (κ1) is 20.0. The fourth-order valence-electron chi connectivity index (χ4n) is 2.86. The number of methoxy groups -OCH3 is 2. The van der Waals surface area contributed by atoms with Crippen molar-refractivity contribution in [2.45, 2.75) is 12.5 Å². The van der Waals surface area contributed by atoms with Crippen molar-refractivity contribution in [1.29, 1.82) is 0 Å². The molecule has 0 bridgehead atoms. The molecule has 8 heteroatoms. The van der Waals surface area contributed by atoms with Crippen LogP contribution in [0.3, 0.4) is 0 Å². The number of amides is 1. The van der Waals surface area contributed by atoms with Crippen LogP contribution in [0.5, 0.6) is 11.5 Å². The Bertz CT molecular complexity index is 1030. The van der Waals surface area contributed by atoms with Crippen LogP contribution in [-0.2, 0) is 20.7 Å². The first-order chi connectivity index (χ1) is 13.4. The average Bonchev–Trinajstić information content (AvgIpc) is 3.07. The van der Waals surface area contributed by atoms with Gasteiger partial charge in [0.15, 0.2) is 17.5 Å². The van der Waals surface area contributed by atoms with Gasteiger partial charge in [0.1, 0.15) is 0 Å². The minimum absolute atomic E-state index is 0.0793. The third-order valence-electron chi connectivity index (χ3n) is 4.25. The number of carbonyl (C=O) groups is 2. The Morgan fingerprint density at radius 2 is 2.00 bits per heavy atom. The van der Waals surface area contributed by atoms with Crippen molar-refractivity contribution in [3.8, 4) is 11.5 Å². The number of carbonyl (C=O) groups excluding carboxylic acids is 2. The maximum Gasteiger partial charge on any atom is 0.333 e. The van der Waals surface area contributed by atoms with Crippen molar-refractivity contribution in [2.75, 3.05) is 14.2 Å². The minimum atomic E-state index is -1.05. The molecule has 0 fully saturated rings. The Morgan fingerprint density at radius 3 is 2.68 bits per heavy atom. The van der Waals surface area contributed by atoms with Crippen LogP contribution in [0.4, 0.5) is 0 Å². The highest BCUT2D eigenvalue weighted by molar-refractivity contribution is 7.17. The SMILES string of the molecule is COC(=O)[C@@H](NC(=O)Cc1csc2ccc(Cl)cc12)c1ccc(OC)c(O)c1. The third kappa shape index (κ3) is 4.21. The molecule has 3 rings (SSSR count). The molecule has 146 valence electrons. The molecule has 28 heavy (non-hydrogen) atoms. The highest BCUT2D eigenvalue weighted by Crippen LogP contribution is 2.31. The second-order valence-corrected chi connectivity index (χ2v) is 7.38. The summed E-state index contributed by atoms with van der Waals surface area (Å²) >= 11 is 7.58. The van der Waals surface area contributed by atoms with Gasteiger partial charge in [-0.25, -0.2) is 4.79 Å². The van der Waals surface area contributed by atoms with Crippen molar-refractivity contribution in [1.82, 2.24) is 5.32 Å². The smallest absolute Gasteiger partial charge is 0.333 e. The van der Waals surface area contributed by atoms with Crippen LogP contribution in [0.2, 0.25) is 5.02 Å². The number of halogens is 1. The molecule has 2 aromatic carbocycles. The summed E-state index contributed by atoms with van der Waals surface area (Å²) in [4.78, 5) is 24.8. The van der Waals surface area contributed by atoms with Crippen molar-refractivity contribution < 1.29 is 24.2 Å². The maximum atomic E-state index is 12.6. The molecule has 0 saturated carbocycles. The number of benzene rings is 2. The number of hydrogen-bond donors (Lipinski definition) is 2. The molecular weight excluding hydrogens is 402 g/mol. The van der Waals surface area contributed by atoms with Crippen molar-refractivity contribution in [3.63, 3.8) is 0 Å². The summed E-state index contributed by atoms with van der Waals surface area (Å²) in [5.41, 5.74) is 1.21. The first-order valence-corrected chi connectivity index (χ1v) is 9.58. The van der Waals surface area contributed by atoms with Crippen LogP contribution in [-0.4, -0.2) is 31.2 Å². The van der Waals surface area contributed by atoms with Gasteiger partial charge in [-0.2, -0.15) is 0 Å². The molecule has 1 amide bonds. The van der Waals surface area contributed by atoms with E-state index in [4.69, 9.17) is 21.1 Å². The number of aromatic hydroxyl groups is 1. The van der Waals surface area contributed by atoms with E-state index in [1.807, 2.05) is 17.5 Å². The van der Waals surface area contributed by atoms with Gasteiger partial charge >= 0.3 is 5.97 Å². The van der Waals surface area contributed by atoms with Gasteiger partial charge in [-0.05, 0) is 52.2 Å². The zero-order valence-electron chi connectivity index (χ0n) is 15.2. The Morgan fingerprint density at radius 1 is 1.21 bits per heavy atom. The summed E-state index contributed by atoms with van der Waals surface area (Å²) in [6, 6.07) is 8.93. The molecule has 0 aliphatic carbocycles. The van der Waals surface area contributed by atoms with Gasteiger partial charge in [0.05, 0.1) is 20.6 Å². The number of ether oxygens (including phenoxy) is 2. The van der Waals surface area contributed by atoms with Crippen LogP contribution in [0.15, 0.2) is 41.8 Å². The van der Waals surface area contributed by atoms with E-state index in [0.29, 0.717) is 10.6 Å². The normalized spacial score (nSPS) is 11.8. The van der Waals surface area contributed by atoms with E-state index in [0.717, 1.165) is 15.6 Å². The number of hydrogen-bond acceptors (Lipinski definition) is 6. The summed E-state index contributed by atoms with van der Waals surface area (Å²) in [6.07, 6.45) is 0.0793. The van der Waals surface area contributed by atoms with Gasteiger partial charge in [0, 0.05) is 9.72 Å². The fourth-order valence-corrected chi connectivity index (χ4v) is 3.97. The van der Waals surface area contributed by atoms with Crippen LogP contribution >= 0.6 is 22.9 Å². The summed E-state index contributed by atoms with van der Waals surface area (Å²) in [5, 5.41) is 16.0. The molecule has 0 spiro atoms. The minimum Gasteiger partial charge on any atom is -0.504 e.